The zero-order valence-electron chi connectivity index (χ0n) is 13.5. The number of cyclic esters (lactones) is 1. The lowest BCUT2D eigenvalue weighted by molar-refractivity contribution is -0.137. The third-order valence-electron chi connectivity index (χ3n) is 4.12. The first-order chi connectivity index (χ1) is 12.7. The number of alkyl halides is 3. The maximum atomic E-state index is 12.7. The van der Waals surface area contributed by atoms with Crippen LogP contribution >= 0.6 is 11.6 Å². The second kappa shape index (κ2) is 7.07. The lowest BCUT2D eigenvalue weighted by Gasteiger charge is -2.21. The zero-order valence-corrected chi connectivity index (χ0v) is 14.2. The van der Waals surface area contributed by atoms with E-state index in [1.807, 2.05) is 0 Å². The van der Waals surface area contributed by atoms with Gasteiger partial charge < -0.3 is 9.84 Å². The number of pyridine rings is 1. The van der Waals surface area contributed by atoms with Crippen molar-refractivity contribution in [2.45, 2.75) is 24.7 Å². The number of hydrogen-bond donors (Lipinski definition) is 1. The number of nitrogens with zero attached hydrogens (tertiary/aromatic N) is 2. The molecule has 3 rings (SSSR count). The normalized spacial score (nSPS) is 19.9. The van der Waals surface area contributed by atoms with Gasteiger partial charge in [0, 0.05) is 11.8 Å². The first-order valence-corrected chi connectivity index (χ1v) is 8.05. The quantitative estimate of drug-likeness (QED) is 0.765. The Morgan fingerprint density at radius 3 is 2.41 bits per heavy atom. The summed E-state index contributed by atoms with van der Waals surface area (Å²) in [7, 11) is 0. The fraction of sp³-hybridized carbons (Fsp3) is 0.235. The third-order valence-corrected chi connectivity index (χ3v) is 4.34. The minimum absolute atomic E-state index is 0.0243. The van der Waals surface area contributed by atoms with Crippen molar-refractivity contribution in [2.75, 3.05) is 0 Å². The topological polar surface area (TPSA) is 79.7 Å². The number of carbonyl (C=O) groups excluding carboxylic acids is 1. The van der Waals surface area contributed by atoms with E-state index in [9.17, 15) is 27.9 Å². The molecule has 0 spiro atoms. The van der Waals surface area contributed by atoms with Crippen molar-refractivity contribution in [1.82, 2.24) is 9.88 Å². The lowest BCUT2D eigenvalue weighted by Crippen LogP contribution is -2.39. The fourth-order valence-electron chi connectivity index (χ4n) is 2.85. The largest absolute Gasteiger partial charge is 0.465 e. The Balaban J connectivity index is 1.91. The Morgan fingerprint density at radius 2 is 1.89 bits per heavy atom. The highest BCUT2D eigenvalue weighted by Gasteiger charge is 2.46. The maximum absolute atomic E-state index is 12.7. The molecule has 10 heteroatoms. The molecule has 1 aliphatic heterocycles. The minimum atomic E-state index is -4.48. The van der Waals surface area contributed by atoms with Crippen molar-refractivity contribution in [3.63, 3.8) is 0 Å². The van der Waals surface area contributed by atoms with E-state index in [1.165, 1.54) is 24.4 Å². The number of ether oxygens (including phenoxy) is 1. The van der Waals surface area contributed by atoms with Gasteiger partial charge >= 0.3 is 18.4 Å². The molecule has 0 saturated carbocycles. The average molecular weight is 401 g/mol. The van der Waals surface area contributed by atoms with Gasteiger partial charge in [0.2, 0.25) is 0 Å². The summed E-state index contributed by atoms with van der Waals surface area (Å²) >= 11 is 5.73. The lowest BCUT2D eigenvalue weighted by atomic mass is 9.96. The molecule has 1 aromatic heterocycles. The van der Waals surface area contributed by atoms with E-state index >= 15 is 0 Å². The van der Waals surface area contributed by atoms with Crippen LogP contribution in [0.25, 0.3) is 0 Å². The van der Waals surface area contributed by atoms with Crippen LogP contribution in [0, 0.1) is 0 Å². The number of benzene rings is 1. The molecule has 0 aliphatic carbocycles. The number of hydrogen-bond acceptors (Lipinski definition) is 4. The molecular formula is C17H12ClF3N2O4. The van der Waals surface area contributed by atoms with Gasteiger partial charge in [-0.25, -0.2) is 19.5 Å². The molecule has 2 aromatic rings. The molecule has 2 heterocycles. The number of carboxylic acid groups (broad SMARTS) is 1. The zero-order chi connectivity index (χ0) is 19.8. The van der Waals surface area contributed by atoms with Crippen molar-refractivity contribution in [3.8, 4) is 0 Å². The molecule has 2 atom stereocenters. The van der Waals surface area contributed by atoms with Gasteiger partial charge in [0.15, 0.2) is 6.10 Å². The Morgan fingerprint density at radius 1 is 1.22 bits per heavy atom. The molecular weight excluding hydrogens is 389 g/mol. The van der Waals surface area contributed by atoms with E-state index in [4.69, 9.17) is 16.3 Å². The maximum Gasteiger partial charge on any atom is 0.420 e. The highest BCUT2D eigenvalue weighted by Crippen LogP contribution is 2.35. The van der Waals surface area contributed by atoms with Gasteiger partial charge in [-0.3, -0.25) is 0 Å². The summed E-state index contributed by atoms with van der Waals surface area (Å²) < 4.78 is 43.2. The van der Waals surface area contributed by atoms with E-state index in [1.54, 1.807) is 6.07 Å². The van der Waals surface area contributed by atoms with Gasteiger partial charge in [0.1, 0.15) is 5.15 Å². The molecule has 1 saturated heterocycles. The van der Waals surface area contributed by atoms with Crippen LogP contribution in [0.5, 0.6) is 0 Å². The minimum Gasteiger partial charge on any atom is -0.465 e. The molecule has 6 nitrogen and oxygen atoms in total. The Labute approximate surface area is 156 Å². The van der Waals surface area contributed by atoms with Crippen molar-refractivity contribution < 1.29 is 32.6 Å². The van der Waals surface area contributed by atoms with Gasteiger partial charge in [-0.1, -0.05) is 29.8 Å². The highest BCUT2D eigenvalue weighted by atomic mass is 35.5. The number of rotatable bonds is 3. The molecule has 0 bridgehead atoms. The van der Waals surface area contributed by atoms with E-state index in [2.05, 4.69) is 4.98 Å². The second-order valence-corrected chi connectivity index (χ2v) is 6.22. The van der Waals surface area contributed by atoms with Crippen LogP contribution in [-0.2, 0) is 17.3 Å². The molecule has 142 valence electrons. The summed E-state index contributed by atoms with van der Waals surface area (Å²) in [6.07, 6.45) is -6.67. The van der Waals surface area contributed by atoms with Crippen LogP contribution in [0.1, 0.15) is 22.8 Å². The van der Waals surface area contributed by atoms with Crippen molar-refractivity contribution in [1.29, 1.82) is 0 Å². The molecule has 1 aliphatic rings. The summed E-state index contributed by atoms with van der Waals surface area (Å²) in [5.74, 6) is 0. The Bertz CT molecular complexity index is 856. The standard InChI is InChI=1S/C17H12ClF3N2O4/c18-13-6-3-10(8-22-13)14-12(23(15(24)25)16(26)27-14)7-9-1-4-11(5-2-9)17(19,20)21/h1-6,8,12,14H,7H2,(H,24,25). The third kappa shape index (κ3) is 3.97. The summed E-state index contributed by atoms with van der Waals surface area (Å²) in [4.78, 5) is 27.9. The molecule has 1 N–H and O–H groups in total. The van der Waals surface area contributed by atoms with Crippen LogP contribution in [-0.4, -0.2) is 33.2 Å². The molecule has 2 unspecified atom stereocenters. The highest BCUT2D eigenvalue weighted by molar-refractivity contribution is 6.29. The SMILES string of the molecule is O=C(O)N1C(=O)OC(c2ccc(Cl)nc2)C1Cc1ccc(C(F)(F)F)cc1. The number of amides is 2. The molecule has 1 aromatic carbocycles. The Hall–Kier alpha value is -2.81. The summed E-state index contributed by atoms with van der Waals surface area (Å²) in [5.41, 5.74) is 0.0245. The van der Waals surface area contributed by atoms with E-state index in [-0.39, 0.29) is 11.6 Å². The van der Waals surface area contributed by atoms with Gasteiger partial charge in [-0.05, 0) is 30.2 Å². The monoisotopic (exact) mass is 400 g/mol. The summed E-state index contributed by atoms with van der Waals surface area (Å²) in [5, 5.41) is 9.54. The van der Waals surface area contributed by atoms with Crippen molar-refractivity contribution in [2.24, 2.45) is 0 Å². The predicted molar refractivity (Wildman–Crippen MR) is 87.3 cm³/mol. The van der Waals surface area contributed by atoms with Gasteiger partial charge in [0.05, 0.1) is 11.6 Å². The van der Waals surface area contributed by atoms with Crippen LogP contribution in [0.15, 0.2) is 42.6 Å². The Kier molecular flexibility index (Phi) is 4.97. The molecule has 1 fully saturated rings. The van der Waals surface area contributed by atoms with Crippen LogP contribution in [0.3, 0.4) is 0 Å². The average Bonchev–Trinajstić information content (AvgIpc) is 2.91. The molecule has 2 amide bonds. The molecule has 27 heavy (non-hydrogen) atoms. The number of aromatic nitrogens is 1. The second-order valence-electron chi connectivity index (χ2n) is 5.84. The van der Waals surface area contributed by atoms with Gasteiger partial charge in [-0.2, -0.15) is 13.2 Å². The van der Waals surface area contributed by atoms with Gasteiger partial charge in [-0.15, -0.1) is 0 Å². The van der Waals surface area contributed by atoms with E-state index in [0.717, 1.165) is 12.1 Å². The van der Waals surface area contributed by atoms with Crippen molar-refractivity contribution in [3.05, 3.63) is 64.4 Å². The fourth-order valence-corrected chi connectivity index (χ4v) is 2.96. The van der Waals surface area contributed by atoms with Gasteiger partial charge in [0.25, 0.3) is 0 Å². The number of halogens is 4. The van der Waals surface area contributed by atoms with E-state index in [0.29, 0.717) is 16.0 Å². The molecule has 0 radical (unpaired) electrons. The summed E-state index contributed by atoms with van der Waals surface area (Å²) in [6.45, 7) is 0. The van der Waals surface area contributed by atoms with Crippen molar-refractivity contribution >= 4 is 23.8 Å². The van der Waals surface area contributed by atoms with Crippen LogP contribution in [0.2, 0.25) is 5.15 Å². The smallest absolute Gasteiger partial charge is 0.420 e. The van der Waals surface area contributed by atoms with E-state index < -0.39 is 36.1 Å². The number of carbonyl (C=O) groups is 2. The number of imide groups is 1. The van der Waals surface area contributed by atoms with Crippen LogP contribution < -0.4 is 0 Å². The van der Waals surface area contributed by atoms with Crippen LogP contribution in [0.4, 0.5) is 22.8 Å². The first-order valence-electron chi connectivity index (χ1n) is 7.67. The predicted octanol–water partition coefficient (Wildman–Crippen LogP) is 4.54. The summed E-state index contributed by atoms with van der Waals surface area (Å²) in [6, 6.07) is 6.32. The first kappa shape index (κ1) is 19.0.